The van der Waals surface area contributed by atoms with E-state index in [1.807, 2.05) is 0 Å². The minimum absolute atomic E-state index is 0. The van der Waals surface area contributed by atoms with Crippen LogP contribution in [-0.2, 0) is 18.4 Å². The molecule has 0 aromatic rings. The van der Waals surface area contributed by atoms with E-state index in [4.69, 9.17) is 0 Å². The first-order valence-corrected chi connectivity index (χ1v) is 5.09. The summed E-state index contributed by atoms with van der Waals surface area (Å²) in [6, 6.07) is 0. The van der Waals surface area contributed by atoms with Crippen molar-refractivity contribution in [1.82, 2.24) is 0 Å². The Morgan fingerprint density at radius 2 is 2.08 bits per heavy atom. The molecule has 0 aliphatic heterocycles. The molecule has 13 heavy (non-hydrogen) atoms. The van der Waals surface area contributed by atoms with Gasteiger partial charge in [-0.3, -0.25) is 0 Å². The fraction of sp³-hybridized carbons (Fsp3) is 0.500. The molecule has 0 heterocycles. The summed E-state index contributed by atoms with van der Waals surface area (Å²) in [4.78, 5) is 10.5. The predicted octanol–water partition coefficient (Wildman–Crippen LogP) is -4.19. The first kappa shape index (κ1) is 21.0. The Kier molecular flexibility index (Phi) is 18.0. The summed E-state index contributed by atoms with van der Waals surface area (Å²) in [6.07, 6.45) is 0.940. The molecule has 68 valence electrons. The van der Waals surface area contributed by atoms with Crippen LogP contribution in [0.3, 0.4) is 0 Å². The monoisotopic (exact) mass is 258 g/mol. The van der Waals surface area contributed by atoms with Crippen LogP contribution in [0.25, 0.3) is 0 Å². The normalized spacial score (nSPS) is 12.8. The Morgan fingerprint density at radius 3 is 2.38 bits per heavy atom. The Hall–Kier alpha value is 2.67. The van der Waals surface area contributed by atoms with Crippen molar-refractivity contribution in [1.29, 1.82) is 0 Å². The van der Waals surface area contributed by atoms with Crippen molar-refractivity contribution in [2.45, 2.75) is 6.92 Å². The first-order chi connectivity index (χ1) is 5.02. The number of carbonyl (C=O) groups is 1. The van der Waals surface area contributed by atoms with Gasteiger partial charge in [-0.2, -0.15) is 0 Å². The summed E-state index contributed by atoms with van der Waals surface area (Å²) in [5, 5.41) is 0. The van der Waals surface area contributed by atoms with E-state index in [1.165, 1.54) is 6.66 Å². The minimum Gasteiger partial charge on any atom is -1.00 e. The van der Waals surface area contributed by atoms with Crippen LogP contribution in [0.4, 0.5) is 0 Å². The molecule has 0 aliphatic rings. The van der Waals surface area contributed by atoms with Gasteiger partial charge in [0.2, 0.25) is 0 Å². The average molecular weight is 258 g/mol. The van der Waals surface area contributed by atoms with Gasteiger partial charge in [-0.15, -0.1) is 0 Å². The third-order valence-electron chi connectivity index (χ3n) is 0.786. The summed E-state index contributed by atoms with van der Waals surface area (Å²) in [6.45, 7) is 6.30. The molecule has 0 fully saturated rings. The van der Waals surface area contributed by atoms with Crippen molar-refractivity contribution < 1.29 is 124 Å². The molecule has 0 aliphatic carbocycles. The molecule has 0 spiro atoms. The van der Waals surface area contributed by atoms with E-state index in [0.717, 1.165) is 6.08 Å². The Labute approximate surface area is 167 Å². The average Bonchev–Trinajstić information content (AvgIpc) is 1.86. The van der Waals surface area contributed by atoms with E-state index >= 15 is 0 Å². The second kappa shape index (κ2) is 11.2. The minimum atomic E-state index is -3.19. The molecule has 0 radical (unpaired) electrons. The van der Waals surface area contributed by atoms with E-state index in [2.05, 4.69) is 15.6 Å². The number of carbonyl (C=O) groups excluding carboxylic acids is 1. The van der Waals surface area contributed by atoms with Crippen molar-refractivity contribution in [2.75, 3.05) is 13.3 Å². The van der Waals surface area contributed by atoms with E-state index in [1.54, 1.807) is 6.92 Å². The van der Waals surface area contributed by atoms with E-state index in [0.29, 0.717) is 0 Å². The summed E-state index contributed by atoms with van der Waals surface area (Å²) < 4.78 is 20.1. The molecular formula is C6H13K2O4P. The van der Waals surface area contributed by atoms with Crippen molar-refractivity contribution in [3.63, 3.8) is 0 Å². The van der Waals surface area contributed by atoms with Gasteiger partial charge in [0.05, 0.1) is 13.3 Å². The maximum Gasteiger partial charge on any atom is 1.00 e. The fourth-order valence-corrected chi connectivity index (χ4v) is 1.38. The van der Waals surface area contributed by atoms with Crippen LogP contribution in [0.5, 0.6) is 0 Å². The maximum absolute atomic E-state index is 11.1. The molecule has 0 aromatic carbocycles. The van der Waals surface area contributed by atoms with Crippen LogP contribution in [0.1, 0.15) is 9.78 Å². The van der Waals surface area contributed by atoms with Gasteiger partial charge in [-0.1, -0.05) is 6.58 Å². The standard InChI is InChI=1S/C6H11O4P.2K.2H/c1-4-6(7)10-11(3,8)9-5-2;;;;/h4H,1,5H2,2-3H3;;;;/q;2*+1;2*-1. The predicted molar refractivity (Wildman–Crippen MR) is 43.7 cm³/mol. The van der Waals surface area contributed by atoms with Crippen LogP contribution < -0.4 is 103 Å². The van der Waals surface area contributed by atoms with Gasteiger partial charge in [-0.25, -0.2) is 9.36 Å². The van der Waals surface area contributed by atoms with Gasteiger partial charge < -0.3 is 11.9 Å². The van der Waals surface area contributed by atoms with Gasteiger partial charge in [-0.05, 0) is 6.92 Å². The van der Waals surface area contributed by atoms with Crippen molar-refractivity contribution in [3.8, 4) is 0 Å². The summed E-state index contributed by atoms with van der Waals surface area (Å²) in [5.41, 5.74) is 0. The number of hydrogen-bond acceptors (Lipinski definition) is 4. The Bertz CT molecular complexity index is 215. The van der Waals surface area contributed by atoms with Crippen molar-refractivity contribution in [3.05, 3.63) is 12.7 Å². The SMILES string of the molecule is C=CC(=O)OP(C)(=O)OCC.[H-].[H-].[K+].[K+]. The quantitative estimate of drug-likeness (QED) is 0.292. The van der Waals surface area contributed by atoms with Gasteiger partial charge in [0.25, 0.3) is 0 Å². The zero-order chi connectivity index (χ0) is 8.91. The van der Waals surface area contributed by atoms with Gasteiger partial charge >= 0.3 is 116 Å². The number of rotatable bonds is 4. The van der Waals surface area contributed by atoms with E-state index in [-0.39, 0.29) is 112 Å². The largest absolute Gasteiger partial charge is 1.00 e. The maximum atomic E-state index is 11.1. The molecule has 0 rings (SSSR count). The van der Waals surface area contributed by atoms with Crippen LogP contribution >= 0.6 is 7.60 Å². The van der Waals surface area contributed by atoms with Gasteiger partial charge in [0, 0.05) is 6.08 Å². The van der Waals surface area contributed by atoms with Gasteiger partial charge in [0.1, 0.15) is 0 Å². The smallest absolute Gasteiger partial charge is 1.00 e. The number of hydrogen-bond donors (Lipinski definition) is 0. The van der Waals surface area contributed by atoms with Crippen molar-refractivity contribution >= 4 is 13.6 Å². The zero-order valence-electron chi connectivity index (χ0n) is 10.6. The fourth-order valence-electron chi connectivity index (χ4n) is 0.462. The first-order valence-electron chi connectivity index (χ1n) is 3.10. The zero-order valence-corrected chi connectivity index (χ0v) is 15.7. The molecule has 4 nitrogen and oxygen atoms in total. The molecule has 0 amide bonds. The van der Waals surface area contributed by atoms with Crippen LogP contribution in [0.15, 0.2) is 12.7 Å². The van der Waals surface area contributed by atoms with E-state index in [9.17, 15) is 9.36 Å². The van der Waals surface area contributed by atoms with E-state index < -0.39 is 13.6 Å². The van der Waals surface area contributed by atoms with Crippen LogP contribution in [-0.4, -0.2) is 19.2 Å². The van der Waals surface area contributed by atoms with Gasteiger partial charge in [0.15, 0.2) is 0 Å². The second-order valence-electron chi connectivity index (χ2n) is 1.80. The summed E-state index contributed by atoms with van der Waals surface area (Å²) in [5.74, 6) is -0.732. The van der Waals surface area contributed by atoms with Crippen LogP contribution in [0.2, 0.25) is 0 Å². The second-order valence-corrected chi connectivity index (χ2v) is 3.79. The van der Waals surface area contributed by atoms with Crippen LogP contribution in [0, 0.1) is 0 Å². The molecule has 0 bridgehead atoms. The topological polar surface area (TPSA) is 52.6 Å². The van der Waals surface area contributed by atoms with Crippen molar-refractivity contribution in [2.24, 2.45) is 0 Å². The molecule has 7 heteroatoms. The molecule has 1 unspecified atom stereocenters. The third kappa shape index (κ3) is 12.6. The molecule has 0 saturated carbocycles. The molecule has 1 atom stereocenters. The molecule has 0 N–H and O–H groups in total. The third-order valence-corrected chi connectivity index (χ3v) is 2.02. The molecule has 0 saturated heterocycles. The molecular weight excluding hydrogens is 245 g/mol. The summed E-state index contributed by atoms with van der Waals surface area (Å²) >= 11 is 0. The Morgan fingerprint density at radius 1 is 1.62 bits per heavy atom. The molecule has 0 aromatic heterocycles. The summed E-state index contributed by atoms with van der Waals surface area (Å²) in [7, 11) is -3.19. The Balaban J connectivity index is -0.0000000833.